The van der Waals surface area contributed by atoms with Crippen molar-refractivity contribution in [1.29, 1.82) is 10.5 Å². The van der Waals surface area contributed by atoms with E-state index in [4.69, 9.17) is 4.74 Å². The van der Waals surface area contributed by atoms with E-state index >= 15 is 0 Å². The van der Waals surface area contributed by atoms with Crippen molar-refractivity contribution >= 4 is 33.0 Å². The number of hydrogen-bond donors (Lipinski definition) is 0. The molecule has 0 saturated carbocycles. The first-order valence-electron chi connectivity index (χ1n) is 9.59. The molecule has 0 amide bonds. The van der Waals surface area contributed by atoms with Gasteiger partial charge in [0.2, 0.25) is 0 Å². The second-order valence-electron chi connectivity index (χ2n) is 6.89. The Balaban J connectivity index is 1.50. The topological polar surface area (TPSA) is 74.6 Å². The molecule has 1 heterocycles. The van der Waals surface area contributed by atoms with Crippen LogP contribution in [-0.4, -0.2) is 9.55 Å². The van der Waals surface area contributed by atoms with Crippen molar-refractivity contribution in [3.05, 3.63) is 99.8 Å². The fourth-order valence-corrected chi connectivity index (χ4v) is 3.78. The van der Waals surface area contributed by atoms with E-state index in [1.165, 1.54) is 0 Å². The molecule has 0 aliphatic heterocycles. The molecule has 5 nitrogen and oxygen atoms in total. The summed E-state index contributed by atoms with van der Waals surface area (Å²) in [6.45, 7) is 0.743. The van der Waals surface area contributed by atoms with Crippen molar-refractivity contribution in [3.8, 4) is 17.9 Å². The van der Waals surface area contributed by atoms with Crippen molar-refractivity contribution in [3.63, 3.8) is 0 Å². The van der Waals surface area contributed by atoms with Gasteiger partial charge in [0.1, 0.15) is 12.4 Å². The predicted molar refractivity (Wildman–Crippen MR) is 123 cm³/mol. The smallest absolute Gasteiger partial charge is 0.134 e. The number of nitrogens with zero attached hydrogens (tertiary/aromatic N) is 4. The van der Waals surface area contributed by atoms with Gasteiger partial charge in [0.15, 0.2) is 0 Å². The maximum absolute atomic E-state index is 9.63. The number of imidazole rings is 1. The summed E-state index contributed by atoms with van der Waals surface area (Å²) in [6.07, 6.45) is 3.61. The lowest BCUT2D eigenvalue weighted by atomic mass is 10.1. The van der Waals surface area contributed by atoms with Crippen LogP contribution in [0.15, 0.2) is 83.1 Å². The van der Waals surface area contributed by atoms with Crippen LogP contribution in [0.5, 0.6) is 5.75 Å². The van der Waals surface area contributed by atoms with Crippen molar-refractivity contribution in [2.45, 2.75) is 13.2 Å². The Morgan fingerprint density at radius 1 is 1.06 bits per heavy atom. The zero-order valence-corrected chi connectivity index (χ0v) is 18.1. The normalized spacial score (nSPS) is 11.1. The fraction of sp³-hybridized carbons (Fsp3) is 0.0800. The van der Waals surface area contributed by atoms with Gasteiger partial charge in [0.25, 0.3) is 0 Å². The molecule has 0 unspecified atom stereocenters. The minimum atomic E-state index is 0.300. The highest BCUT2D eigenvalue weighted by Crippen LogP contribution is 2.28. The molecule has 0 radical (unpaired) electrons. The van der Waals surface area contributed by atoms with E-state index in [0.29, 0.717) is 30.0 Å². The van der Waals surface area contributed by atoms with Gasteiger partial charge >= 0.3 is 0 Å². The molecule has 0 saturated heterocycles. The van der Waals surface area contributed by atoms with Gasteiger partial charge in [-0.1, -0.05) is 36.4 Å². The van der Waals surface area contributed by atoms with E-state index in [2.05, 4.69) is 33.1 Å². The van der Waals surface area contributed by atoms with Crippen LogP contribution in [0.2, 0.25) is 0 Å². The van der Waals surface area contributed by atoms with Crippen LogP contribution >= 0.6 is 15.9 Å². The average molecular weight is 469 g/mol. The highest BCUT2D eigenvalue weighted by molar-refractivity contribution is 9.10. The number of aromatic nitrogens is 2. The molecule has 6 heteroatoms. The fourth-order valence-electron chi connectivity index (χ4n) is 3.27. The number of nitriles is 2. The Morgan fingerprint density at radius 3 is 2.68 bits per heavy atom. The number of allylic oxidation sites excluding steroid dienone is 1. The van der Waals surface area contributed by atoms with Crippen LogP contribution < -0.4 is 4.74 Å². The molecule has 0 aliphatic carbocycles. The van der Waals surface area contributed by atoms with Crippen LogP contribution in [-0.2, 0) is 13.2 Å². The number of rotatable bonds is 6. The van der Waals surface area contributed by atoms with Gasteiger partial charge in [-0.05, 0) is 57.9 Å². The van der Waals surface area contributed by atoms with Crippen LogP contribution in [0, 0.1) is 22.7 Å². The largest absolute Gasteiger partial charge is 0.488 e. The lowest BCUT2D eigenvalue weighted by molar-refractivity contribution is 0.304. The lowest BCUT2D eigenvalue weighted by Gasteiger charge is -2.10. The SMILES string of the molecule is N#C/C(=C/c1ccc(OCc2ccccc2C#N)c(Br)c1)Cn1cnc2ccccc21. The molecular formula is C25H17BrN4O. The van der Waals surface area contributed by atoms with Gasteiger partial charge in [-0.2, -0.15) is 10.5 Å². The third-order valence-corrected chi connectivity index (χ3v) is 5.45. The molecule has 0 spiro atoms. The zero-order valence-electron chi connectivity index (χ0n) is 16.5. The molecule has 150 valence electrons. The Labute approximate surface area is 188 Å². The molecule has 31 heavy (non-hydrogen) atoms. The van der Waals surface area contributed by atoms with E-state index in [0.717, 1.165) is 26.6 Å². The third kappa shape index (κ3) is 4.66. The van der Waals surface area contributed by atoms with Crippen LogP contribution in [0.3, 0.4) is 0 Å². The van der Waals surface area contributed by atoms with Crippen molar-refractivity contribution in [1.82, 2.24) is 9.55 Å². The Morgan fingerprint density at radius 2 is 1.87 bits per heavy atom. The minimum Gasteiger partial charge on any atom is -0.488 e. The number of hydrogen-bond acceptors (Lipinski definition) is 4. The summed E-state index contributed by atoms with van der Waals surface area (Å²) in [5, 5.41) is 18.8. The number of ether oxygens (including phenoxy) is 1. The molecular weight excluding hydrogens is 452 g/mol. The maximum atomic E-state index is 9.63. The quantitative estimate of drug-likeness (QED) is 0.332. The van der Waals surface area contributed by atoms with Crippen LogP contribution in [0.25, 0.3) is 17.1 Å². The Kier molecular flexibility index (Phi) is 6.12. The van der Waals surface area contributed by atoms with E-state index in [1.54, 1.807) is 12.4 Å². The van der Waals surface area contributed by atoms with E-state index in [1.807, 2.05) is 71.3 Å². The lowest BCUT2D eigenvalue weighted by Crippen LogP contribution is -1.99. The first-order chi connectivity index (χ1) is 15.2. The summed E-state index contributed by atoms with van der Waals surface area (Å²) in [4.78, 5) is 4.38. The summed E-state index contributed by atoms with van der Waals surface area (Å²) >= 11 is 3.54. The molecule has 4 rings (SSSR count). The molecule has 0 atom stereocenters. The van der Waals surface area contributed by atoms with Crippen molar-refractivity contribution < 1.29 is 4.74 Å². The minimum absolute atomic E-state index is 0.300. The van der Waals surface area contributed by atoms with Crippen molar-refractivity contribution in [2.24, 2.45) is 0 Å². The van der Waals surface area contributed by atoms with Gasteiger partial charge in [0, 0.05) is 11.1 Å². The number of para-hydroxylation sites is 2. The predicted octanol–water partition coefficient (Wildman–Crippen LogP) is 5.86. The number of benzene rings is 3. The third-order valence-electron chi connectivity index (χ3n) is 4.83. The first-order valence-corrected chi connectivity index (χ1v) is 10.4. The Bertz CT molecular complexity index is 1360. The van der Waals surface area contributed by atoms with E-state index in [9.17, 15) is 10.5 Å². The van der Waals surface area contributed by atoms with Crippen molar-refractivity contribution in [2.75, 3.05) is 0 Å². The second-order valence-corrected chi connectivity index (χ2v) is 7.74. The Hall–Kier alpha value is -3.87. The van der Waals surface area contributed by atoms with Gasteiger partial charge in [-0.3, -0.25) is 0 Å². The van der Waals surface area contributed by atoms with Gasteiger partial charge in [-0.15, -0.1) is 0 Å². The molecule has 1 aromatic heterocycles. The summed E-state index contributed by atoms with van der Waals surface area (Å²) in [6, 6.07) is 25.3. The second kappa shape index (κ2) is 9.30. The maximum Gasteiger partial charge on any atom is 0.134 e. The number of halogens is 1. The molecule has 0 fully saturated rings. The summed E-state index contributed by atoms with van der Waals surface area (Å²) in [5.74, 6) is 0.670. The van der Waals surface area contributed by atoms with Crippen LogP contribution in [0.1, 0.15) is 16.7 Å². The summed E-state index contributed by atoms with van der Waals surface area (Å²) in [7, 11) is 0. The summed E-state index contributed by atoms with van der Waals surface area (Å²) in [5.41, 5.74) is 4.83. The molecule has 0 aliphatic rings. The summed E-state index contributed by atoms with van der Waals surface area (Å²) < 4.78 is 8.63. The van der Waals surface area contributed by atoms with Gasteiger partial charge in [-0.25, -0.2) is 4.98 Å². The van der Waals surface area contributed by atoms with Crippen LogP contribution in [0.4, 0.5) is 0 Å². The standard InChI is InChI=1S/C25H17BrN4O/c26-22-12-18(9-10-25(22)31-16-21-6-2-1-5-20(21)14-28)11-19(13-27)15-30-17-29-23-7-3-4-8-24(23)30/h1-12,17H,15-16H2/b19-11-. The molecule has 3 aromatic carbocycles. The molecule has 0 N–H and O–H groups in total. The average Bonchev–Trinajstić information content (AvgIpc) is 3.21. The van der Waals surface area contributed by atoms with E-state index < -0.39 is 0 Å². The van der Waals surface area contributed by atoms with Gasteiger partial charge < -0.3 is 9.30 Å². The van der Waals surface area contributed by atoms with E-state index in [-0.39, 0.29) is 0 Å². The molecule has 0 bridgehead atoms. The molecule has 4 aromatic rings. The zero-order chi connectivity index (χ0) is 21.6. The number of fused-ring (bicyclic) bond motifs is 1. The highest BCUT2D eigenvalue weighted by Gasteiger charge is 2.08. The van der Waals surface area contributed by atoms with Gasteiger partial charge in [0.05, 0.1) is 46.1 Å². The first kappa shape index (κ1) is 20.4. The highest BCUT2D eigenvalue weighted by atomic mass is 79.9. The monoisotopic (exact) mass is 468 g/mol.